The zero-order valence-corrected chi connectivity index (χ0v) is 11.6. The number of hydrogen-bond acceptors (Lipinski definition) is 7. The molecule has 0 aliphatic heterocycles. The lowest BCUT2D eigenvalue weighted by Crippen LogP contribution is -2.21. The number of hydrogen-bond donors (Lipinski definition) is 1. The first-order valence-electron chi connectivity index (χ1n) is 6.26. The molecule has 0 saturated carbocycles. The molecule has 0 atom stereocenters. The summed E-state index contributed by atoms with van der Waals surface area (Å²) in [7, 11) is 0. The molecule has 0 unspecified atom stereocenters. The molecule has 1 N–H and O–H groups in total. The molecule has 21 heavy (non-hydrogen) atoms. The second-order valence-corrected chi connectivity index (χ2v) is 4.02. The summed E-state index contributed by atoms with van der Waals surface area (Å²) in [6, 6.07) is 1.64. The first kappa shape index (κ1) is 14.6. The van der Waals surface area contributed by atoms with Crippen molar-refractivity contribution >= 4 is 17.8 Å². The number of ether oxygens (including phenoxy) is 1. The average molecular weight is 290 g/mol. The van der Waals surface area contributed by atoms with E-state index in [1.165, 1.54) is 17.1 Å². The van der Waals surface area contributed by atoms with Gasteiger partial charge in [-0.05, 0) is 19.9 Å². The lowest BCUT2D eigenvalue weighted by molar-refractivity contribution is -0.117. The summed E-state index contributed by atoms with van der Waals surface area (Å²) < 4.78 is 6.16. The van der Waals surface area contributed by atoms with Gasteiger partial charge >= 0.3 is 5.97 Å². The van der Waals surface area contributed by atoms with Gasteiger partial charge in [-0.1, -0.05) is 5.21 Å². The number of esters is 1. The molecule has 9 heteroatoms. The number of amides is 1. The van der Waals surface area contributed by atoms with Crippen LogP contribution in [0.4, 0.5) is 5.95 Å². The third kappa shape index (κ3) is 3.59. The number of rotatable bonds is 5. The minimum atomic E-state index is -0.562. The van der Waals surface area contributed by atoms with Crippen molar-refractivity contribution in [2.24, 2.45) is 0 Å². The Morgan fingerprint density at radius 2 is 2.05 bits per heavy atom. The van der Waals surface area contributed by atoms with Crippen LogP contribution in [0.2, 0.25) is 0 Å². The van der Waals surface area contributed by atoms with E-state index in [1.54, 1.807) is 19.9 Å². The lowest BCUT2D eigenvalue weighted by Gasteiger charge is -2.04. The fraction of sp³-hybridized carbons (Fsp3) is 0.333. The Bertz CT molecular complexity index is 640. The van der Waals surface area contributed by atoms with Crippen molar-refractivity contribution in [2.45, 2.75) is 20.4 Å². The second-order valence-electron chi connectivity index (χ2n) is 4.02. The fourth-order valence-corrected chi connectivity index (χ4v) is 1.56. The Balaban J connectivity index is 2.03. The predicted octanol–water partition coefficient (Wildman–Crippen LogP) is 0.192. The van der Waals surface area contributed by atoms with Gasteiger partial charge in [0.2, 0.25) is 11.9 Å². The molecule has 0 fully saturated rings. The van der Waals surface area contributed by atoms with Crippen LogP contribution in [-0.2, 0) is 16.1 Å². The highest BCUT2D eigenvalue weighted by Crippen LogP contribution is 2.06. The number of aromatic nitrogens is 5. The Morgan fingerprint density at radius 3 is 2.71 bits per heavy atom. The van der Waals surface area contributed by atoms with Gasteiger partial charge < -0.3 is 4.74 Å². The van der Waals surface area contributed by atoms with E-state index >= 15 is 0 Å². The molecule has 0 aliphatic rings. The van der Waals surface area contributed by atoms with E-state index in [0.717, 1.165) is 0 Å². The summed E-state index contributed by atoms with van der Waals surface area (Å²) >= 11 is 0. The van der Waals surface area contributed by atoms with Crippen molar-refractivity contribution in [1.82, 2.24) is 25.0 Å². The molecule has 2 rings (SSSR count). The standard InChI is InChI=1S/C12H14N6O3/c1-3-21-11(20)10-8(2)18(17-16-10)7-9(19)15-12-13-5-4-6-14-12/h4-6H,3,7H2,1-2H3,(H,13,14,15,19). The highest BCUT2D eigenvalue weighted by Gasteiger charge is 2.18. The van der Waals surface area contributed by atoms with Gasteiger partial charge in [0.25, 0.3) is 0 Å². The van der Waals surface area contributed by atoms with Gasteiger partial charge in [-0.3, -0.25) is 10.1 Å². The van der Waals surface area contributed by atoms with Crippen LogP contribution in [0.1, 0.15) is 23.1 Å². The van der Waals surface area contributed by atoms with Crippen LogP contribution in [-0.4, -0.2) is 43.4 Å². The molecular weight excluding hydrogens is 276 g/mol. The molecule has 2 aromatic heterocycles. The van der Waals surface area contributed by atoms with E-state index in [2.05, 4.69) is 25.6 Å². The Hall–Kier alpha value is -2.84. The number of carbonyl (C=O) groups excluding carboxylic acids is 2. The summed E-state index contributed by atoms with van der Waals surface area (Å²) in [5.41, 5.74) is 0.554. The number of anilines is 1. The van der Waals surface area contributed by atoms with Crippen LogP contribution in [0.3, 0.4) is 0 Å². The van der Waals surface area contributed by atoms with Crippen LogP contribution >= 0.6 is 0 Å². The lowest BCUT2D eigenvalue weighted by atomic mass is 10.3. The molecule has 2 heterocycles. The molecule has 110 valence electrons. The quantitative estimate of drug-likeness (QED) is 0.782. The van der Waals surface area contributed by atoms with Gasteiger partial charge in [0.05, 0.1) is 12.3 Å². The summed E-state index contributed by atoms with van der Waals surface area (Å²) in [5, 5.41) is 10.0. The second kappa shape index (κ2) is 6.55. The molecule has 0 aliphatic carbocycles. The maximum Gasteiger partial charge on any atom is 0.360 e. The predicted molar refractivity (Wildman–Crippen MR) is 71.4 cm³/mol. The Kier molecular flexibility index (Phi) is 4.54. The maximum atomic E-state index is 11.8. The molecule has 0 aromatic carbocycles. The first-order valence-corrected chi connectivity index (χ1v) is 6.26. The number of nitrogens with one attached hydrogen (secondary N) is 1. The van der Waals surface area contributed by atoms with E-state index in [1.807, 2.05) is 0 Å². The average Bonchev–Trinajstić information content (AvgIpc) is 2.81. The van der Waals surface area contributed by atoms with Gasteiger partial charge in [-0.25, -0.2) is 19.4 Å². The molecule has 0 radical (unpaired) electrons. The summed E-state index contributed by atoms with van der Waals surface area (Å²) in [6.07, 6.45) is 3.03. The highest BCUT2D eigenvalue weighted by molar-refractivity contribution is 5.90. The van der Waals surface area contributed by atoms with Gasteiger partial charge in [-0.15, -0.1) is 5.10 Å². The minimum Gasteiger partial charge on any atom is -0.461 e. The van der Waals surface area contributed by atoms with Crippen molar-refractivity contribution in [2.75, 3.05) is 11.9 Å². The van der Waals surface area contributed by atoms with Gasteiger partial charge in [-0.2, -0.15) is 0 Å². The smallest absolute Gasteiger partial charge is 0.360 e. The molecular formula is C12H14N6O3. The molecule has 0 saturated heterocycles. The largest absolute Gasteiger partial charge is 0.461 e. The zero-order valence-electron chi connectivity index (χ0n) is 11.6. The van der Waals surface area contributed by atoms with Crippen LogP contribution < -0.4 is 5.32 Å². The van der Waals surface area contributed by atoms with Crippen LogP contribution in [0.25, 0.3) is 0 Å². The first-order chi connectivity index (χ1) is 10.1. The van der Waals surface area contributed by atoms with Crippen molar-refractivity contribution in [3.63, 3.8) is 0 Å². The third-order valence-corrected chi connectivity index (χ3v) is 2.56. The van der Waals surface area contributed by atoms with Crippen molar-refractivity contribution in [3.8, 4) is 0 Å². The Labute approximate surface area is 120 Å². The fourth-order valence-electron chi connectivity index (χ4n) is 1.56. The monoisotopic (exact) mass is 290 g/mol. The van der Waals surface area contributed by atoms with E-state index in [-0.39, 0.29) is 30.7 Å². The number of carbonyl (C=O) groups is 2. The molecule has 0 spiro atoms. The van der Waals surface area contributed by atoms with Gasteiger partial charge in [0.1, 0.15) is 6.54 Å². The van der Waals surface area contributed by atoms with Gasteiger partial charge in [0.15, 0.2) is 5.69 Å². The van der Waals surface area contributed by atoms with Crippen molar-refractivity contribution in [1.29, 1.82) is 0 Å². The normalized spacial score (nSPS) is 10.2. The maximum absolute atomic E-state index is 11.8. The molecule has 2 aromatic rings. The van der Waals surface area contributed by atoms with E-state index in [9.17, 15) is 9.59 Å². The van der Waals surface area contributed by atoms with Gasteiger partial charge in [0, 0.05) is 12.4 Å². The Morgan fingerprint density at radius 1 is 1.33 bits per heavy atom. The SMILES string of the molecule is CCOC(=O)c1nnn(CC(=O)Nc2ncccn2)c1C. The summed E-state index contributed by atoms with van der Waals surface area (Å²) in [4.78, 5) is 31.2. The highest BCUT2D eigenvalue weighted by atomic mass is 16.5. The topological polar surface area (TPSA) is 112 Å². The van der Waals surface area contributed by atoms with E-state index in [0.29, 0.717) is 5.69 Å². The number of nitrogens with zero attached hydrogens (tertiary/aromatic N) is 5. The van der Waals surface area contributed by atoms with Crippen molar-refractivity contribution in [3.05, 3.63) is 29.8 Å². The summed E-state index contributed by atoms with van der Waals surface area (Å²) in [5.74, 6) is -0.733. The van der Waals surface area contributed by atoms with E-state index in [4.69, 9.17) is 4.74 Å². The van der Waals surface area contributed by atoms with Crippen LogP contribution in [0.15, 0.2) is 18.5 Å². The third-order valence-electron chi connectivity index (χ3n) is 2.56. The summed E-state index contributed by atoms with van der Waals surface area (Å²) in [6.45, 7) is 3.48. The van der Waals surface area contributed by atoms with Crippen LogP contribution in [0.5, 0.6) is 0 Å². The minimum absolute atomic E-state index is 0.0978. The van der Waals surface area contributed by atoms with Crippen molar-refractivity contribution < 1.29 is 14.3 Å². The molecule has 0 bridgehead atoms. The van der Waals surface area contributed by atoms with Crippen LogP contribution in [0, 0.1) is 6.92 Å². The molecule has 9 nitrogen and oxygen atoms in total. The zero-order chi connectivity index (χ0) is 15.2. The molecule has 1 amide bonds. The van der Waals surface area contributed by atoms with E-state index < -0.39 is 5.97 Å².